The van der Waals surface area contributed by atoms with Crippen LogP contribution in [0.4, 0.5) is 4.39 Å². The zero-order chi connectivity index (χ0) is 25.2. The summed E-state index contributed by atoms with van der Waals surface area (Å²) >= 11 is 0. The van der Waals surface area contributed by atoms with E-state index in [1.165, 1.54) is 6.07 Å². The van der Waals surface area contributed by atoms with Crippen LogP contribution < -0.4 is 10.6 Å². The van der Waals surface area contributed by atoms with Gasteiger partial charge in [-0.05, 0) is 60.5 Å². The molecule has 2 saturated heterocycles. The van der Waals surface area contributed by atoms with Crippen LogP contribution in [0.25, 0.3) is 16.8 Å². The molecule has 3 aliphatic rings. The zero-order valence-corrected chi connectivity index (χ0v) is 20.8. The van der Waals surface area contributed by atoms with E-state index in [2.05, 4.69) is 40.1 Å². The molecule has 2 aromatic rings. The number of benzene rings is 2. The molecule has 2 aromatic carbocycles. The van der Waals surface area contributed by atoms with Gasteiger partial charge in [0, 0.05) is 44.3 Å². The summed E-state index contributed by atoms with van der Waals surface area (Å²) in [5.74, 6) is -0.175. The average Bonchev–Trinajstić information content (AvgIpc) is 3.53. The van der Waals surface area contributed by atoms with Crippen LogP contribution in [-0.4, -0.2) is 67.1 Å². The molecular weight excluding hydrogens is 453 g/mol. The van der Waals surface area contributed by atoms with Gasteiger partial charge in [-0.15, -0.1) is 0 Å². The number of hydrogen-bond acceptors (Lipinski definition) is 5. The molecule has 0 radical (unpaired) electrons. The second-order valence-electron chi connectivity index (χ2n) is 10.4. The summed E-state index contributed by atoms with van der Waals surface area (Å²) in [5, 5.41) is 15.8. The van der Waals surface area contributed by atoms with Gasteiger partial charge in [0.25, 0.3) is 0 Å². The maximum absolute atomic E-state index is 15.0. The smallest absolute Gasteiger partial charge is 0.238 e. The molecule has 1 aliphatic carbocycles. The lowest BCUT2D eigenvalue weighted by molar-refractivity contribution is -0.124. The Morgan fingerprint density at radius 2 is 1.89 bits per heavy atom. The monoisotopic (exact) mass is 487 g/mol. The van der Waals surface area contributed by atoms with Gasteiger partial charge in [0.2, 0.25) is 5.91 Å². The normalized spacial score (nSPS) is 24.4. The van der Waals surface area contributed by atoms with Crippen LogP contribution in [0.2, 0.25) is 0 Å². The highest BCUT2D eigenvalue weighted by Gasteiger charge is 2.43. The number of carbonyl (C=O) groups is 1. The fraction of sp³-hybridized carbons (Fsp3) is 0.448. The van der Waals surface area contributed by atoms with Crippen molar-refractivity contribution in [2.45, 2.75) is 43.8 Å². The number of rotatable bonds is 7. The van der Waals surface area contributed by atoms with Crippen molar-refractivity contribution >= 4 is 11.6 Å². The molecule has 2 N–H and O–H groups in total. The third-order valence-electron chi connectivity index (χ3n) is 8.03. The molecule has 5 rings (SSSR count). The van der Waals surface area contributed by atoms with Gasteiger partial charge in [0.05, 0.1) is 12.1 Å². The van der Waals surface area contributed by atoms with Crippen LogP contribution in [0.15, 0.2) is 49.0 Å². The molecule has 188 valence electrons. The largest absolute Gasteiger partial charge is 0.369 e. The summed E-state index contributed by atoms with van der Waals surface area (Å²) < 4.78 is 15.0. The Morgan fingerprint density at radius 3 is 2.50 bits per heavy atom. The summed E-state index contributed by atoms with van der Waals surface area (Å²) in [7, 11) is 2.13. The highest BCUT2D eigenvalue weighted by Crippen LogP contribution is 2.35. The number of fused-ring (bicyclic) bond motifs is 2. The van der Waals surface area contributed by atoms with Gasteiger partial charge in [0.1, 0.15) is 11.9 Å². The van der Waals surface area contributed by atoms with Crippen molar-refractivity contribution in [2.75, 3.05) is 33.2 Å². The lowest BCUT2D eigenvalue weighted by atomic mass is 9.97. The minimum Gasteiger partial charge on any atom is -0.369 e. The highest BCUT2D eigenvalue weighted by atomic mass is 19.1. The van der Waals surface area contributed by atoms with Gasteiger partial charge in [0.15, 0.2) is 0 Å². The third-order valence-corrected chi connectivity index (χ3v) is 8.03. The number of nitriles is 1. The number of amides is 1. The lowest BCUT2D eigenvalue weighted by Gasteiger charge is -2.35. The van der Waals surface area contributed by atoms with E-state index in [9.17, 15) is 10.1 Å². The zero-order valence-electron chi connectivity index (χ0n) is 20.8. The molecule has 2 heterocycles. The molecule has 3 fully saturated rings. The number of piperidine rings is 1. The Labute approximate surface area is 212 Å². The van der Waals surface area contributed by atoms with E-state index in [1.54, 1.807) is 6.07 Å². The Balaban J connectivity index is 1.21. The Bertz CT molecular complexity index is 1170. The summed E-state index contributed by atoms with van der Waals surface area (Å²) in [6.07, 6.45) is 3.32. The minimum absolute atomic E-state index is 0.138. The van der Waals surface area contributed by atoms with Crippen LogP contribution >= 0.6 is 0 Å². The molecule has 0 spiro atoms. The van der Waals surface area contributed by atoms with Crippen molar-refractivity contribution in [1.82, 2.24) is 20.4 Å². The Morgan fingerprint density at radius 1 is 1.17 bits per heavy atom. The van der Waals surface area contributed by atoms with Gasteiger partial charge >= 0.3 is 0 Å². The van der Waals surface area contributed by atoms with E-state index in [1.807, 2.05) is 30.3 Å². The van der Waals surface area contributed by atoms with Gasteiger partial charge in [-0.3, -0.25) is 4.79 Å². The van der Waals surface area contributed by atoms with E-state index >= 15 is 4.39 Å². The SMILES string of the molecule is C=C(c1ccc(-c2ccc(C[C@@H](C#N)NC(=O)[C@H]3N[C@@H]4CC[C@H]3C4)c(F)c2)cc1)N1CCN(C)CC1. The van der Waals surface area contributed by atoms with Crippen molar-refractivity contribution in [1.29, 1.82) is 5.26 Å². The first-order valence-electron chi connectivity index (χ1n) is 12.9. The van der Waals surface area contributed by atoms with Gasteiger partial charge in [-0.25, -0.2) is 4.39 Å². The summed E-state index contributed by atoms with van der Waals surface area (Å²) in [6, 6.07) is 14.7. The fourth-order valence-electron chi connectivity index (χ4n) is 5.77. The summed E-state index contributed by atoms with van der Waals surface area (Å²) in [5.41, 5.74) is 4.20. The van der Waals surface area contributed by atoms with E-state index in [4.69, 9.17) is 0 Å². The van der Waals surface area contributed by atoms with Crippen LogP contribution in [0.3, 0.4) is 0 Å². The van der Waals surface area contributed by atoms with E-state index in [0.717, 1.165) is 67.8 Å². The highest BCUT2D eigenvalue weighted by molar-refractivity contribution is 5.83. The number of hydrogen-bond donors (Lipinski definition) is 2. The van der Waals surface area contributed by atoms with Gasteiger partial charge in [-0.1, -0.05) is 43.0 Å². The molecular formula is C29H34FN5O. The second kappa shape index (κ2) is 10.4. The first-order chi connectivity index (χ1) is 17.4. The fourth-order valence-corrected chi connectivity index (χ4v) is 5.77. The number of carbonyl (C=O) groups excluding carboxylic acids is 1. The number of halogens is 1. The summed E-state index contributed by atoms with van der Waals surface area (Å²) in [4.78, 5) is 17.3. The van der Waals surface area contributed by atoms with Gasteiger partial charge < -0.3 is 20.4 Å². The summed E-state index contributed by atoms with van der Waals surface area (Å²) in [6.45, 7) is 8.26. The molecule has 7 heteroatoms. The van der Waals surface area contributed by atoms with Crippen molar-refractivity contribution in [3.63, 3.8) is 0 Å². The second-order valence-corrected chi connectivity index (χ2v) is 10.4. The molecule has 1 saturated carbocycles. The maximum atomic E-state index is 15.0. The van der Waals surface area contributed by atoms with E-state index in [-0.39, 0.29) is 24.2 Å². The van der Waals surface area contributed by atoms with E-state index in [0.29, 0.717) is 17.5 Å². The van der Waals surface area contributed by atoms with Crippen molar-refractivity contribution < 1.29 is 9.18 Å². The molecule has 2 aliphatic heterocycles. The predicted molar refractivity (Wildman–Crippen MR) is 139 cm³/mol. The number of nitrogens with one attached hydrogen (secondary N) is 2. The number of piperazine rings is 1. The molecule has 6 nitrogen and oxygen atoms in total. The molecule has 4 atom stereocenters. The van der Waals surface area contributed by atoms with Crippen LogP contribution in [-0.2, 0) is 11.2 Å². The Kier molecular flexibility index (Phi) is 7.08. The predicted octanol–water partition coefficient (Wildman–Crippen LogP) is 3.40. The Hall–Kier alpha value is -3.21. The number of likely N-dealkylation sites (N-methyl/N-ethyl adjacent to an activating group) is 1. The lowest BCUT2D eigenvalue weighted by Crippen LogP contribution is -2.50. The van der Waals surface area contributed by atoms with Crippen molar-refractivity contribution in [3.8, 4) is 17.2 Å². The van der Waals surface area contributed by atoms with Crippen LogP contribution in [0, 0.1) is 23.1 Å². The average molecular weight is 488 g/mol. The topological polar surface area (TPSA) is 71.4 Å². The quantitative estimate of drug-likeness (QED) is 0.627. The maximum Gasteiger partial charge on any atom is 0.238 e. The van der Waals surface area contributed by atoms with Crippen molar-refractivity contribution in [2.24, 2.45) is 5.92 Å². The standard InChI is InChI=1S/C29H34FN5O/c1-19(35-13-11-34(2)12-14-35)20-3-5-21(6-4-20)22-7-8-23(27(30)17-22)15-26(18-31)33-29(36)28-24-9-10-25(16-24)32-28/h3-8,17,24-26,28,32H,1,9-16H2,2H3,(H,33,36)/t24-,25+,26-,28-/m0/s1. The molecule has 36 heavy (non-hydrogen) atoms. The third kappa shape index (κ3) is 5.16. The first-order valence-corrected chi connectivity index (χ1v) is 12.9. The molecule has 0 unspecified atom stereocenters. The van der Waals surface area contributed by atoms with Crippen molar-refractivity contribution in [3.05, 3.63) is 66.0 Å². The van der Waals surface area contributed by atoms with Crippen LogP contribution in [0.5, 0.6) is 0 Å². The van der Waals surface area contributed by atoms with Crippen LogP contribution in [0.1, 0.15) is 30.4 Å². The van der Waals surface area contributed by atoms with E-state index < -0.39 is 6.04 Å². The number of nitrogens with zero attached hydrogens (tertiary/aromatic N) is 3. The van der Waals surface area contributed by atoms with Gasteiger partial charge in [-0.2, -0.15) is 5.26 Å². The minimum atomic E-state index is -0.765. The molecule has 0 aromatic heterocycles. The first kappa shape index (κ1) is 24.5. The molecule has 2 bridgehead atoms. The molecule has 1 amide bonds.